The molecule has 172 valence electrons. The number of ether oxygens (including phenoxy) is 1. The molecule has 1 unspecified atom stereocenters. The molecule has 0 bridgehead atoms. The number of hydrogen-bond acceptors (Lipinski definition) is 3. The van der Waals surface area contributed by atoms with Gasteiger partial charge in [0.25, 0.3) is 0 Å². The zero-order chi connectivity index (χ0) is 22.7. The zero-order valence-corrected chi connectivity index (χ0v) is 18.2. The number of hydrogen-bond donors (Lipinski definition) is 1. The molecule has 0 radical (unpaired) electrons. The third-order valence-electron chi connectivity index (χ3n) is 6.02. The molecule has 0 aromatic heterocycles. The minimum atomic E-state index is -4.41. The maximum atomic E-state index is 13.1. The van der Waals surface area contributed by atoms with E-state index in [1.807, 2.05) is 24.3 Å². The average molecular weight is 468 g/mol. The molecule has 2 aromatic rings. The van der Waals surface area contributed by atoms with E-state index in [0.717, 1.165) is 30.8 Å². The second-order valence-corrected chi connectivity index (χ2v) is 8.51. The number of morpholine rings is 1. The summed E-state index contributed by atoms with van der Waals surface area (Å²) in [5, 5.41) is 3.48. The van der Waals surface area contributed by atoms with E-state index in [9.17, 15) is 18.0 Å². The van der Waals surface area contributed by atoms with Crippen LogP contribution in [-0.2, 0) is 10.9 Å². The quantitative estimate of drug-likeness (QED) is 0.658. The van der Waals surface area contributed by atoms with Crippen LogP contribution in [0.5, 0.6) is 0 Å². The number of carbonyl (C=O) groups is 1. The van der Waals surface area contributed by atoms with Crippen molar-refractivity contribution in [2.24, 2.45) is 0 Å². The fourth-order valence-electron chi connectivity index (χ4n) is 4.31. The molecule has 5 nitrogen and oxygen atoms in total. The maximum absolute atomic E-state index is 13.1. The summed E-state index contributed by atoms with van der Waals surface area (Å²) in [5.41, 5.74) is 0.862. The number of halogens is 4. The lowest BCUT2D eigenvalue weighted by Crippen LogP contribution is -2.40. The smallest absolute Gasteiger partial charge is 0.379 e. The molecule has 2 atom stereocenters. The third-order valence-corrected chi connectivity index (χ3v) is 6.27. The second kappa shape index (κ2) is 9.68. The van der Waals surface area contributed by atoms with Crippen molar-refractivity contribution in [2.75, 3.05) is 39.4 Å². The van der Waals surface area contributed by atoms with Gasteiger partial charge in [-0.05, 0) is 41.8 Å². The maximum Gasteiger partial charge on any atom is 0.416 e. The van der Waals surface area contributed by atoms with Crippen LogP contribution in [0.25, 0.3) is 0 Å². The molecular weight excluding hydrogens is 443 g/mol. The molecule has 0 spiro atoms. The van der Waals surface area contributed by atoms with Crippen molar-refractivity contribution in [3.63, 3.8) is 0 Å². The highest BCUT2D eigenvalue weighted by Crippen LogP contribution is 2.32. The summed E-state index contributed by atoms with van der Waals surface area (Å²) in [6, 6.07) is 12.2. The predicted octanol–water partition coefficient (Wildman–Crippen LogP) is 4.89. The number of rotatable bonds is 6. The molecular formula is C23H25ClF3N3O2. The van der Waals surface area contributed by atoms with Gasteiger partial charge in [0.1, 0.15) is 0 Å². The second-order valence-electron chi connectivity index (χ2n) is 8.08. The predicted molar refractivity (Wildman–Crippen MR) is 115 cm³/mol. The van der Waals surface area contributed by atoms with Gasteiger partial charge < -0.3 is 15.0 Å². The molecule has 2 aromatic carbocycles. The molecule has 2 heterocycles. The van der Waals surface area contributed by atoms with Crippen LogP contribution in [0.1, 0.15) is 35.2 Å². The van der Waals surface area contributed by atoms with Crippen LogP contribution in [0.15, 0.2) is 48.5 Å². The molecule has 0 aliphatic carbocycles. The highest BCUT2D eigenvalue weighted by molar-refractivity contribution is 6.30. The molecule has 32 heavy (non-hydrogen) atoms. The van der Waals surface area contributed by atoms with Gasteiger partial charge >= 0.3 is 12.2 Å². The summed E-state index contributed by atoms with van der Waals surface area (Å²) in [5.74, 6) is 0. The van der Waals surface area contributed by atoms with E-state index in [1.54, 1.807) is 11.0 Å². The average Bonchev–Trinajstić information content (AvgIpc) is 3.16. The molecule has 2 saturated heterocycles. The fraction of sp³-hybridized carbons (Fsp3) is 0.435. The van der Waals surface area contributed by atoms with Crippen LogP contribution >= 0.6 is 11.6 Å². The third kappa shape index (κ3) is 5.36. The Bertz CT molecular complexity index is 933. The van der Waals surface area contributed by atoms with Crippen molar-refractivity contribution in [3.8, 4) is 0 Å². The van der Waals surface area contributed by atoms with Gasteiger partial charge in [-0.25, -0.2) is 4.79 Å². The summed E-state index contributed by atoms with van der Waals surface area (Å²) in [7, 11) is 0. The van der Waals surface area contributed by atoms with E-state index in [0.29, 0.717) is 43.3 Å². The largest absolute Gasteiger partial charge is 0.416 e. The van der Waals surface area contributed by atoms with Crippen LogP contribution in [0.4, 0.5) is 18.0 Å². The number of nitrogens with zero attached hydrogens (tertiary/aromatic N) is 2. The number of amides is 2. The van der Waals surface area contributed by atoms with Gasteiger partial charge in [-0.3, -0.25) is 4.90 Å². The molecule has 1 N–H and O–H groups in total. The number of carbonyl (C=O) groups excluding carboxylic acids is 1. The Balaban J connectivity index is 1.44. The summed E-state index contributed by atoms with van der Waals surface area (Å²) in [6.07, 6.45) is -3.72. The first-order valence-electron chi connectivity index (χ1n) is 10.6. The van der Waals surface area contributed by atoms with Gasteiger partial charge in [0.15, 0.2) is 0 Å². The summed E-state index contributed by atoms with van der Waals surface area (Å²) >= 11 is 6.05. The van der Waals surface area contributed by atoms with Gasteiger partial charge in [-0.2, -0.15) is 13.2 Å². The Hall–Kier alpha value is -2.29. The first kappa shape index (κ1) is 22.9. The van der Waals surface area contributed by atoms with Crippen molar-refractivity contribution < 1.29 is 22.7 Å². The Morgan fingerprint density at radius 1 is 1.12 bits per heavy atom. The van der Waals surface area contributed by atoms with Crippen LogP contribution in [0, 0.1) is 0 Å². The SMILES string of the molecule is O=C1NC(c2cccc(C(F)(F)F)c2)CN1CC[C@@H](c1ccc(Cl)cc1)N1CCOCC1. The van der Waals surface area contributed by atoms with Crippen molar-refractivity contribution >= 4 is 17.6 Å². The Morgan fingerprint density at radius 2 is 1.84 bits per heavy atom. The minimum Gasteiger partial charge on any atom is -0.379 e. The number of urea groups is 1. The van der Waals surface area contributed by atoms with Crippen LogP contribution in [0.2, 0.25) is 5.02 Å². The van der Waals surface area contributed by atoms with E-state index >= 15 is 0 Å². The van der Waals surface area contributed by atoms with Crippen LogP contribution in [0.3, 0.4) is 0 Å². The lowest BCUT2D eigenvalue weighted by molar-refractivity contribution is -0.137. The molecule has 2 aliphatic rings. The Kier molecular flexibility index (Phi) is 6.93. The van der Waals surface area contributed by atoms with Gasteiger partial charge in [0, 0.05) is 37.2 Å². The zero-order valence-electron chi connectivity index (χ0n) is 17.4. The van der Waals surface area contributed by atoms with E-state index in [-0.39, 0.29) is 12.1 Å². The number of nitrogens with one attached hydrogen (secondary N) is 1. The molecule has 0 saturated carbocycles. The highest BCUT2D eigenvalue weighted by atomic mass is 35.5. The Labute approximate surface area is 190 Å². The van der Waals surface area contributed by atoms with Crippen molar-refractivity contribution in [1.82, 2.24) is 15.1 Å². The van der Waals surface area contributed by atoms with E-state index in [2.05, 4.69) is 10.2 Å². The first-order chi connectivity index (χ1) is 15.3. The number of benzene rings is 2. The monoisotopic (exact) mass is 467 g/mol. The summed E-state index contributed by atoms with van der Waals surface area (Å²) in [4.78, 5) is 16.6. The van der Waals surface area contributed by atoms with Gasteiger partial charge in [0.05, 0.1) is 24.8 Å². The van der Waals surface area contributed by atoms with E-state index in [4.69, 9.17) is 16.3 Å². The molecule has 2 fully saturated rings. The van der Waals surface area contributed by atoms with E-state index < -0.39 is 17.8 Å². The first-order valence-corrected chi connectivity index (χ1v) is 11.0. The fourth-order valence-corrected chi connectivity index (χ4v) is 4.44. The molecule has 2 amide bonds. The van der Waals surface area contributed by atoms with Gasteiger partial charge in [0.2, 0.25) is 0 Å². The topological polar surface area (TPSA) is 44.8 Å². The Morgan fingerprint density at radius 3 is 2.53 bits per heavy atom. The van der Waals surface area contributed by atoms with Crippen LogP contribution in [-0.4, -0.2) is 55.2 Å². The van der Waals surface area contributed by atoms with Crippen LogP contribution < -0.4 is 5.32 Å². The normalized spacial score (nSPS) is 20.9. The van der Waals surface area contributed by atoms with Crippen molar-refractivity contribution in [2.45, 2.75) is 24.7 Å². The lowest BCUT2D eigenvalue weighted by Gasteiger charge is -2.35. The highest BCUT2D eigenvalue weighted by Gasteiger charge is 2.34. The van der Waals surface area contributed by atoms with Gasteiger partial charge in [-0.15, -0.1) is 0 Å². The molecule has 2 aliphatic heterocycles. The summed E-state index contributed by atoms with van der Waals surface area (Å²) in [6.45, 7) is 3.74. The standard InChI is InChI=1S/C23H25ClF3N3O2/c24-19-6-4-16(5-7-19)21(29-10-12-32-13-11-29)8-9-30-15-20(28-22(30)31)17-2-1-3-18(14-17)23(25,26)27/h1-7,14,20-21H,8-13,15H2,(H,28,31)/t20?,21-/m0/s1. The summed E-state index contributed by atoms with van der Waals surface area (Å²) < 4.78 is 44.7. The van der Waals surface area contributed by atoms with E-state index in [1.165, 1.54) is 6.07 Å². The molecule has 9 heteroatoms. The number of alkyl halides is 3. The van der Waals surface area contributed by atoms with Gasteiger partial charge in [-0.1, -0.05) is 35.9 Å². The lowest BCUT2D eigenvalue weighted by atomic mass is 10.0. The van der Waals surface area contributed by atoms with Crippen molar-refractivity contribution in [3.05, 3.63) is 70.2 Å². The van der Waals surface area contributed by atoms with Crippen molar-refractivity contribution in [1.29, 1.82) is 0 Å². The minimum absolute atomic E-state index is 0.0940. The molecule has 4 rings (SSSR count).